The molecule has 0 aliphatic carbocycles. The standard InChI is InChI=1S/C11H13BrClNO5S2/c12-10-6-9(21(13,17)18)3-4-11(10)14-20(15,16)7-8-2-1-5-19-8/h3-4,6,8,14H,1-2,5,7H2. The Morgan fingerprint density at radius 2 is 2.05 bits per heavy atom. The van der Waals surface area contributed by atoms with Crippen LogP contribution >= 0.6 is 26.6 Å². The number of anilines is 1. The lowest BCUT2D eigenvalue weighted by Gasteiger charge is -2.13. The molecule has 1 aromatic carbocycles. The molecule has 21 heavy (non-hydrogen) atoms. The van der Waals surface area contributed by atoms with Crippen LogP contribution in [0.4, 0.5) is 5.69 Å². The molecular weight excluding hydrogens is 406 g/mol. The Balaban J connectivity index is 2.15. The number of sulfonamides is 1. The van der Waals surface area contributed by atoms with Gasteiger partial charge < -0.3 is 4.74 Å². The van der Waals surface area contributed by atoms with E-state index in [1.807, 2.05) is 0 Å². The van der Waals surface area contributed by atoms with Crippen LogP contribution in [0.2, 0.25) is 0 Å². The van der Waals surface area contributed by atoms with Gasteiger partial charge >= 0.3 is 0 Å². The van der Waals surface area contributed by atoms with E-state index < -0.39 is 19.1 Å². The summed E-state index contributed by atoms with van der Waals surface area (Å²) in [6, 6.07) is 3.82. The monoisotopic (exact) mass is 417 g/mol. The molecule has 1 N–H and O–H groups in total. The van der Waals surface area contributed by atoms with Crippen LogP contribution in [0.15, 0.2) is 27.6 Å². The molecule has 0 amide bonds. The van der Waals surface area contributed by atoms with Gasteiger partial charge in [0.05, 0.1) is 22.4 Å². The minimum atomic E-state index is -3.86. The molecule has 1 aliphatic heterocycles. The van der Waals surface area contributed by atoms with Gasteiger partial charge in [-0.1, -0.05) is 0 Å². The first-order chi connectivity index (χ1) is 9.67. The summed E-state index contributed by atoms with van der Waals surface area (Å²) < 4.78 is 54.5. The van der Waals surface area contributed by atoms with Crippen molar-refractivity contribution in [2.24, 2.45) is 0 Å². The van der Waals surface area contributed by atoms with E-state index in [1.54, 1.807) is 0 Å². The van der Waals surface area contributed by atoms with E-state index in [1.165, 1.54) is 18.2 Å². The number of rotatable bonds is 5. The Labute approximate surface area is 136 Å². The summed E-state index contributed by atoms with van der Waals surface area (Å²) in [4.78, 5) is -0.113. The van der Waals surface area contributed by atoms with Gasteiger partial charge in [-0.25, -0.2) is 16.8 Å². The highest BCUT2D eigenvalue weighted by molar-refractivity contribution is 9.10. The average molecular weight is 419 g/mol. The number of hydrogen-bond acceptors (Lipinski definition) is 5. The second-order valence-electron chi connectivity index (χ2n) is 4.60. The van der Waals surface area contributed by atoms with Crippen molar-refractivity contribution < 1.29 is 21.6 Å². The Morgan fingerprint density at radius 3 is 2.57 bits per heavy atom. The SMILES string of the molecule is O=S(=O)(CC1CCCO1)Nc1ccc(S(=O)(=O)Cl)cc1Br. The normalized spacial score (nSPS) is 19.6. The fourth-order valence-corrected chi connectivity index (χ4v) is 4.85. The third kappa shape index (κ3) is 4.82. The zero-order valence-electron chi connectivity index (χ0n) is 10.8. The Hall–Kier alpha value is -0.350. The first-order valence-corrected chi connectivity index (χ1v) is 10.8. The van der Waals surface area contributed by atoms with Crippen molar-refractivity contribution in [3.8, 4) is 0 Å². The van der Waals surface area contributed by atoms with Crippen LogP contribution in [0.5, 0.6) is 0 Å². The summed E-state index contributed by atoms with van der Waals surface area (Å²) in [6.45, 7) is 0.576. The Kier molecular flexibility index (Phi) is 5.19. The molecule has 6 nitrogen and oxygen atoms in total. The van der Waals surface area contributed by atoms with Gasteiger partial charge in [0.1, 0.15) is 0 Å². The summed E-state index contributed by atoms with van der Waals surface area (Å²) >= 11 is 3.12. The van der Waals surface area contributed by atoms with Crippen LogP contribution in [0.3, 0.4) is 0 Å². The number of ether oxygens (including phenoxy) is 1. The lowest BCUT2D eigenvalue weighted by atomic mass is 10.3. The molecule has 0 aromatic heterocycles. The third-order valence-corrected chi connectivity index (χ3v) is 6.27. The van der Waals surface area contributed by atoms with Gasteiger partial charge in [0.25, 0.3) is 9.05 Å². The quantitative estimate of drug-likeness (QED) is 0.741. The maximum Gasteiger partial charge on any atom is 0.261 e. The summed E-state index contributed by atoms with van der Waals surface area (Å²) in [5.74, 6) is -0.130. The third-order valence-electron chi connectivity index (χ3n) is 2.92. The zero-order valence-corrected chi connectivity index (χ0v) is 14.7. The highest BCUT2D eigenvalue weighted by Gasteiger charge is 2.24. The summed E-state index contributed by atoms with van der Waals surface area (Å²) in [6.07, 6.45) is 1.27. The van der Waals surface area contributed by atoms with Gasteiger partial charge in [-0.15, -0.1) is 0 Å². The lowest BCUT2D eigenvalue weighted by molar-refractivity contribution is 0.127. The lowest BCUT2D eigenvalue weighted by Crippen LogP contribution is -2.25. The molecule has 1 aromatic rings. The van der Waals surface area contributed by atoms with E-state index in [0.717, 1.165) is 6.42 Å². The topological polar surface area (TPSA) is 89.5 Å². The van der Waals surface area contributed by atoms with Crippen molar-refractivity contribution in [2.75, 3.05) is 17.1 Å². The van der Waals surface area contributed by atoms with Crippen LogP contribution in [0.1, 0.15) is 12.8 Å². The van der Waals surface area contributed by atoms with Crippen molar-refractivity contribution in [3.63, 3.8) is 0 Å². The van der Waals surface area contributed by atoms with Gasteiger partial charge in [0.15, 0.2) is 0 Å². The van der Waals surface area contributed by atoms with Crippen LogP contribution in [0, 0.1) is 0 Å². The minimum Gasteiger partial charge on any atom is -0.377 e. The van der Waals surface area contributed by atoms with Crippen LogP contribution in [-0.4, -0.2) is 35.3 Å². The van der Waals surface area contributed by atoms with E-state index in [4.69, 9.17) is 15.4 Å². The molecule has 1 heterocycles. The van der Waals surface area contributed by atoms with E-state index in [2.05, 4.69) is 20.7 Å². The fourth-order valence-electron chi connectivity index (χ4n) is 1.96. The molecule has 1 unspecified atom stereocenters. The molecule has 1 saturated heterocycles. The smallest absolute Gasteiger partial charge is 0.261 e. The highest BCUT2D eigenvalue weighted by Crippen LogP contribution is 2.28. The number of hydrogen-bond donors (Lipinski definition) is 1. The average Bonchev–Trinajstić information content (AvgIpc) is 2.82. The highest BCUT2D eigenvalue weighted by atomic mass is 79.9. The van der Waals surface area contributed by atoms with Crippen molar-refractivity contribution >= 4 is 51.4 Å². The molecule has 1 fully saturated rings. The molecule has 1 aliphatic rings. The summed E-state index contributed by atoms with van der Waals surface area (Å²) in [5.41, 5.74) is 0.247. The second kappa shape index (κ2) is 6.41. The summed E-state index contributed by atoms with van der Waals surface area (Å²) in [7, 11) is -2.21. The molecular formula is C11H13BrClNO5S2. The molecule has 118 valence electrons. The van der Waals surface area contributed by atoms with Gasteiger partial charge in [-0.2, -0.15) is 0 Å². The van der Waals surface area contributed by atoms with Crippen LogP contribution in [-0.2, 0) is 23.8 Å². The fraction of sp³-hybridized carbons (Fsp3) is 0.455. The van der Waals surface area contributed by atoms with Crippen molar-refractivity contribution in [1.82, 2.24) is 0 Å². The molecule has 0 bridgehead atoms. The zero-order chi connectivity index (χ0) is 15.7. The van der Waals surface area contributed by atoms with Gasteiger partial charge in [0, 0.05) is 21.8 Å². The molecule has 2 rings (SSSR count). The first kappa shape index (κ1) is 17.0. The van der Waals surface area contributed by atoms with Gasteiger partial charge in [-0.05, 0) is 47.0 Å². The maximum atomic E-state index is 12.0. The number of halogens is 2. The Bertz CT molecular complexity index is 729. The predicted molar refractivity (Wildman–Crippen MR) is 83.6 cm³/mol. The summed E-state index contributed by atoms with van der Waals surface area (Å²) in [5, 5.41) is 0. The Morgan fingerprint density at radius 1 is 1.33 bits per heavy atom. The van der Waals surface area contributed by atoms with Crippen LogP contribution in [0.25, 0.3) is 0 Å². The molecule has 1 atom stereocenters. The molecule has 0 saturated carbocycles. The van der Waals surface area contributed by atoms with E-state index in [0.29, 0.717) is 17.5 Å². The van der Waals surface area contributed by atoms with E-state index in [9.17, 15) is 16.8 Å². The molecule has 0 radical (unpaired) electrons. The van der Waals surface area contributed by atoms with Gasteiger partial charge in [-0.3, -0.25) is 4.72 Å². The predicted octanol–water partition coefficient (Wildman–Crippen LogP) is 2.30. The first-order valence-electron chi connectivity index (χ1n) is 6.04. The number of benzene rings is 1. The number of nitrogens with one attached hydrogen (secondary N) is 1. The maximum absolute atomic E-state index is 12.0. The molecule has 0 spiro atoms. The van der Waals surface area contributed by atoms with Gasteiger partial charge in [0.2, 0.25) is 10.0 Å². The van der Waals surface area contributed by atoms with E-state index in [-0.39, 0.29) is 22.4 Å². The van der Waals surface area contributed by atoms with Crippen molar-refractivity contribution in [2.45, 2.75) is 23.8 Å². The second-order valence-corrected chi connectivity index (χ2v) is 9.79. The molecule has 10 heteroatoms. The van der Waals surface area contributed by atoms with Crippen molar-refractivity contribution in [3.05, 3.63) is 22.7 Å². The minimum absolute atomic E-state index is 0.113. The van der Waals surface area contributed by atoms with Crippen LogP contribution < -0.4 is 4.72 Å². The van der Waals surface area contributed by atoms with E-state index >= 15 is 0 Å². The largest absolute Gasteiger partial charge is 0.377 e. The van der Waals surface area contributed by atoms with Crippen molar-refractivity contribution in [1.29, 1.82) is 0 Å².